The number of rotatable bonds is 2. The lowest BCUT2D eigenvalue weighted by Gasteiger charge is -2.06. The Hall–Kier alpha value is -1.41. The van der Waals surface area contributed by atoms with Gasteiger partial charge in [-0.2, -0.15) is 0 Å². The largest absolute Gasteiger partial charge is 0.388 e. The standard InChI is InChI=1S/C12H12O2/c13-11-8-4-7-10(11)12(14)9-5-2-1-3-6-9/h1-3,5-7,11,13H,4,8H2. The molecular weight excluding hydrogens is 176 g/mol. The molecule has 0 aromatic heterocycles. The Morgan fingerprint density at radius 2 is 2.00 bits per heavy atom. The first-order valence-corrected chi connectivity index (χ1v) is 4.77. The second-order valence-electron chi connectivity index (χ2n) is 3.45. The Morgan fingerprint density at radius 1 is 1.29 bits per heavy atom. The van der Waals surface area contributed by atoms with Crippen molar-refractivity contribution in [3.63, 3.8) is 0 Å². The summed E-state index contributed by atoms with van der Waals surface area (Å²) in [5.41, 5.74) is 1.20. The number of hydrogen-bond donors (Lipinski definition) is 1. The number of ketones is 1. The molecule has 0 saturated heterocycles. The van der Waals surface area contributed by atoms with Crippen molar-refractivity contribution in [2.24, 2.45) is 0 Å². The van der Waals surface area contributed by atoms with Crippen LogP contribution in [-0.4, -0.2) is 17.0 Å². The fraction of sp³-hybridized carbons (Fsp3) is 0.250. The topological polar surface area (TPSA) is 37.3 Å². The molecule has 2 rings (SSSR count). The van der Waals surface area contributed by atoms with Crippen molar-refractivity contribution in [3.05, 3.63) is 47.5 Å². The van der Waals surface area contributed by atoms with E-state index < -0.39 is 6.10 Å². The van der Waals surface area contributed by atoms with E-state index in [1.54, 1.807) is 12.1 Å². The Kier molecular flexibility index (Phi) is 2.46. The van der Waals surface area contributed by atoms with Crippen molar-refractivity contribution in [2.45, 2.75) is 18.9 Å². The molecule has 0 heterocycles. The van der Waals surface area contributed by atoms with E-state index in [1.165, 1.54) is 0 Å². The smallest absolute Gasteiger partial charge is 0.191 e. The minimum absolute atomic E-state index is 0.0457. The van der Waals surface area contributed by atoms with Gasteiger partial charge < -0.3 is 5.11 Å². The van der Waals surface area contributed by atoms with E-state index in [4.69, 9.17) is 0 Å². The Morgan fingerprint density at radius 3 is 2.57 bits per heavy atom. The van der Waals surface area contributed by atoms with Gasteiger partial charge in [-0.15, -0.1) is 0 Å². The predicted molar refractivity (Wildman–Crippen MR) is 54.1 cm³/mol. The second kappa shape index (κ2) is 3.76. The number of aliphatic hydroxyl groups is 1. The summed E-state index contributed by atoms with van der Waals surface area (Å²) < 4.78 is 0. The van der Waals surface area contributed by atoms with Crippen LogP contribution in [0.2, 0.25) is 0 Å². The molecule has 0 spiro atoms. The Balaban J connectivity index is 2.25. The molecule has 1 N–H and O–H groups in total. The monoisotopic (exact) mass is 188 g/mol. The summed E-state index contributed by atoms with van der Waals surface area (Å²) >= 11 is 0. The van der Waals surface area contributed by atoms with Gasteiger partial charge in [-0.25, -0.2) is 0 Å². The summed E-state index contributed by atoms with van der Waals surface area (Å²) in [6.07, 6.45) is 2.74. The maximum atomic E-state index is 11.8. The number of benzene rings is 1. The van der Waals surface area contributed by atoms with E-state index in [-0.39, 0.29) is 5.78 Å². The van der Waals surface area contributed by atoms with E-state index in [0.717, 1.165) is 6.42 Å². The zero-order valence-corrected chi connectivity index (χ0v) is 7.81. The summed E-state index contributed by atoms with van der Waals surface area (Å²) in [7, 11) is 0. The van der Waals surface area contributed by atoms with Crippen LogP contribution in [-0.2, 0) is 0 Å². The average Bonchev–Trinajstić information content (AvgIpc) is 2.65. The molecule has 1 aromatic rings. The lowest BCUT2D eigenvalue weighted by molar-refractivity contribution is 0.0992. The maximum absolute atomic E-state index is 11.8. The van der Waals surface area contributed by atoms with Gasteiger partial charge in [-0.3, -0.25) is 4.79 Å². The van der Waals surface area contributed by atoms with Crippen LogP contribution in [0.25, 0.3) is 0 Å². The highest BCUT2D eigenvalue weighted by molar-refractivity contribution is 6.09. The van der Waals surface area contributed by atoms with Crippen LogP contribution in [0.5, 0.6) is 0 Å². The van der Waals surface area contributed by atoms with E-state index >= 15 is 0 Å². The van der Waals surface area contributed by atoms with Gasteiger partial charge in [0.15, 0.2) is 5.78 Å². The number of hydrogen-bond acceptors (Lipinski definition) is 2. The molecule has 72 valence electrons. The molecule has 0 amide bonds. The van der Waals surface area contributed by atoms with Gasteiger partial charge in [0.25, 0.3) is 0 Å². The van der Waals surface area contributed by atoms with E-state index in [1.807, 2.05) is 24.3 Å². The average molecular weight is 188 g/mol. The van der Waals surface area contributed by atoms with Gasteiger partial charge in [-0.1, -0.05) is 36.4 Å². The van der Waals surface area contributed by atoms with Crippen LogP contribution in [0, 0.1) is 0 Å². The molecule has 2 nitrogen and oxygen atoms in total. The first-order chi connectivity index (χ1) is 6.79. The molecule has 1 atom stereocenters. The van der Waals surface area contributed by atoms with Crippen LogP contribution < -0.4 is 0 Å². The van der Waals surface area contributed by atoms with E-state index in [9.17, 15) is 9.90 Å². The molecule has 2 heteroatoms. The summed E-state index contributed by atoms with van der Waals surface area (Å²) in [5.74, 6) is -0.0457. The molecule has 0 saturated carbocycles. The van der Waals surface area contributed by atoms with E-state index in [0.29, 0.717) is 17.6 Å². The zero-order chi connectivity index (χ0) is 9.97. The van der Waals surface area contributed by atoms with Crippen molar-refractivity contribution >= 4 is 5.78 Å². The van der Waals surface area contributed by atoms with Gasteiger partial charge in [0.2, 0.25) is 0 Å². The Labute approximate surface area is 82.9 Å². The first kappa shape index (κ1) is 9.16. The minimum atomic E-state index is -0.567. The molecule has 1 aromatic carbocycles. The molecular formula is C12H12O2. The number of aliphatic hydroxyl groups excluding tert-OH is 1. The highest BCUT2D eigenvalue weighted by Crippen LogP contribution is 2.22. The molecule has 14 heavy (non-hydrogen) atoms. The number of allylic oxidation sites excluding steroid dienone is 1. The zero-order valence-electron chi connectivity index (χ0n) is 7.81. The fourth-order valence-corrected chi connectivity index (χ4v) is 1.69. The van der Waals surface area contributed by atoms with Gasteiger partial charge in [0.1, 0.15) is 0 Å². The van der Waals surface area contributed by atoms with Crippen LogP contribution in [0.15, 0.2) is 42.0 Å². The lowest BCUT2D eigenvalue weighted by atomic mass is 10.0. The molecule has 0 radical (unpaired) electrons. The summed E-state index contributed by atoms with van der Waals surface area (Å²) in [6, 6.07) is 9.07. The third kappa shape index (κ3) is 1.61. The molecule has 0 bridgehead atoms. The number of Topliss-reactive ketones (excluding diaryl/α,β-unsaturated/α-hetero) is 1. The van der Waals surface area contributed by atoms with Gasteiger partial charge in [0, 0.05) is 11.1 Å². The molecule has 0 fully saturated rings. The third-order valence-corrected chi connectivity index (χ3v) is 2.46. The highest BCUT2D eigenvalue weighted by Gasteiger charge is 2.23. The van der Waals surface area contributed by atoms with Gasteiger partial charge in [-0.05, 0) is 12.8 Å². The van der Waals surface area contributed by atoms with Gasteiger partial charge >= 0.3 is 0 Å². The molecule has 1 aliphatic rings. The Bertz CT molecular complexity index is 365. The van der Waals surface area contributed by atoms with Crippen molar-refractivity contribution < 1.29 is 9.90 Å². The third-order valence-electron chi connectivity index (χ3n) is 2.46. The fourth-order valence-electron chi connectivity index (χ4n) is 1.69. The maximum Gasteiger partial charge on any atom is 0.191 e. The molecule has 0 aliphatic heterocycles. The molecule has 1 aliphatic carbocycles. The van der Waals surface area contributed by atoms with Crippen LogP contribution in [0.4, 0.5) is 0 Å². The second-order valence-corrected chi connectivity index (χ2v) is 3.45. The number of carbonyl (C=O) groups is 1. The van der Waals surface area contributed by atoms with E-state index in [2.05, 4.69) is 0 Å². The SMILES string of the molecule is O=C(C1=CCCC1O)c1ccccc1. The quantitative estimate of drug-likeness (QED) is 0.720. The number of carbonyl (C=O) groups excluding carboxylic acids is 1. The normalized spacial score (nSPS) is 20.6. The van der Waals surface area contributed by atoms with Crippen molar-refractivity contribution in [2.75, 3.05) is 0 Å². The summed E-state index contributed by atoms with van der Waals surface area (Å²) in [6.45, 7) is 0. The highest BCUT2D eigenvalue weighted by atomic mass is 16.3. The van der Waals surface area contributed by atoms with Crippen LogP contribution in [0.1, 0.15) is 23.2 Å². The summed E-state index contributed by atoms with van der Waals surface area (Å²) in [4.78, 5) is 11.8. The van der Waals surface area contributed by atoms with Gasteiger partial charge in [0.05, 0.1) is 6.10 Å². The van der Waals surface area contributed by atoms with Crippen molar-refractivity contribution in [3.8, 4) is 0 Å². The summed E-state index contributed by atoms with van der Waals surface area (Å²) in [5, 5.41) is 9.53. The van der Waals surface area contributed by atoms with Crippen LogP contribution in [0.3, 0.4) is 0 Å². The van der Waals surface area contributed by atoms with Crippen molar-refractivity contribution in [1.82, 2.24) is 0 Å². The molecule has 1 unspecified atom stereocenters. The minimum Gasteiger partial charge on any atom is -0.388 e. The van der Waals surface area contributed by atoms with Crippen molar-refractivity contribution in [1.29, 1.82) is 0 Å². The first-order valence-electron chi connectivity index (χ1n) is 4.77. The van der Waals surface area contributed by atoms with Crippen LogP contribution >= 0.6 is 0 Å². The lowest BCUT2D eigenvalue weighted by Crippen LogP contribution is -2.13. The predicted octanol–water partition coefficient (Wildman–Crippen LogP) is 1.95.